The van der Waals surface area contributed by atoms with E-state index in [0.29, 0.717) is 11.5 Å². The largest absolute Gasteiger partial charge is 0.271 e. The van der Waals surface area contributed by atoms with Crippen molar-refractivity contribution in [2.24, 2.45) is 11.8 Å². The number of nitrogens with one attached hydrogen (secondary N) is 1. The van der Waals surface area contributed by atoms with Crippen molar-refractivity contribution in [1.82, 2.24) is 5.43 Å². The summed E-state index contributed by atoms with van der Waals surface area (Å²) in [6, 6.07) is 4.77. The molecule has 0 aromatic heterocycles. The van der Waals surface area contributed by atoms with Crippen molar-refractivity contribution in [2.45, 2.75) is 26.3 Å². The summed E-state index contributed by atoms with van der Waals surface area (Å²) >= 11 is 5.71. The van der Waals surface area contributed by atoms with Crippen LogP contribution in [0.2, 0.25) is 5.02 Å². The highest BCUT2D eigenvalue weighted by Gasteiger charge is 2.17. The second-order valence-electron chi connectivity index (χ2n) is 3.99. The van der Waals surface area contributed by atoms with Gasteiger partial charge >= 0.3 is 0 Å². The van der Waals surface area contributed by atoms with Crippen molar-refractivity contribution >= 4 is 11.6 Å². The van der Waals surface area contributed by atoms with Gasteiger partial charge in [-0.2, -0.15) is 0 Å². The fourth-order valence-corrected chi connectivity index (χ4v) is 1.73. The van der Waals surface area contributed by atoms with E-state index in [0.717, 1.165) is 6.42 Å². The van der Waals surface area contributed by atoms with E-state index in [4.69, 9.17) is 17.4 Å². The fraction of sp³-hybridized carbons (Fsp3) is 0.455. The molecule has 0 spiro atoms. The molecule has 15 heavy (non-hydrogen) atoms. The van der Waals surface area contributed by atoms with Gasteiger partial charge in [-0.15, -0.1) is 0 Å². The highest BCUT2D eigenvalue weighted by atomic mass is 35.5. The zero-order valence-electron chi connectivity index (χ0n) is 8.93. The summed E-state index contributed by atoms with van der Waals surface area (Å²) in [5.74, 6) is 5.46. The van der Waals surface area contributed by atoms with Gasteiger partial charge in [-0.05, 0) is 18.4 Å². The molecule has 2 nitrogen and oxygen atoms in total. The molecular weight excluding hydrogens is 215 g/mol. The lowest BCUT2D eigenvalue weighted by molar-refractivity contribution is 0.423. The normalized spacial score (nSPS) is 13.2. The van der Waals surface area contributed by atoms with Crippen molar-refractivity contribution in [3.8, 4) is 0 Å². The van der Waals surface area contributed by atoms with Crippen LogP contribution in [0.3, 0.4) is 0 Å². The Morgan fingerprint density at radius 3 is 2.67 bits per heavy atom. The van der Waals surface area contributed by atoms with Gasteiger partial charge in [-0.25, -0.2) is 4.39 Å². The van der Waals surface area contributed by atoms with Gasteiger partial charge < -0.3 is 0 Å². The molecule has 0 amide bonds. The van der Waals surface area contributed by atoms with Crippen LogP contribution >= 0.6 is 11.6 Å². The zero-order chi connectivity index (χ0) is 11.4. The van der Waals surface area contributed by atoms with Gasteiger partial charge in [-0.3, -0.25) is 11.3 Å². The summed E-state index contributed by atoms with van der Waals surface area (Å²) in [5.41, 5.74) is 3.15. The summed E-state index contributed by atoms with van der Waals surface area (Å²) in [4.78, 5) is 0. The van der Waals surface area contributed by atoms with E-state index in [1.54, 1.807) is 12.1 Å². The minimum Gasteiger partial charge on any atom is -0.271 e. The molecule has 1 unspecified atom stereocenters. The maximum Gasteiger partial charge on any atom is 0.146 e. The number of hydrogen-bond acceptors (Lipinski definition) is 2. The first kappa shape index (κ1) is 12.4. The molecule has 0 heterocycles. The topological polar surface area (TPSA) is 38.0 Å². The molecule has 0 aliphatic rings. The van der Waals surface area contributed by atoms with E-state index in [1.165, 1.54) is 6.07 Å². The average molecular weight is 231 g/mol. The van der Waals surface area contributed by atoms with Crippen molar-refractivity contribution in [3.63, 3.8) is 0 Å². The Hall–Kier alpha value is -0.640. The smallest absolute Gasteiger partial charge is 0.146 e. The Kier molecular flexibility index (Phi) is 4.51. The molecule has 0 aliphatic heterocycles. The Balaban J connectivity index is 2.96. The third-order valence-corrected chi connectivity index (χ3v) is 2.56. The lowest BCUT2D eigenvalue weighted by Gasteiger charge is -2.19. The van der Waals surface area contributed by atoms with E-state index in [1.807, 2.05) is 0 Å². The molecule has 4 heteroatoms. The molecule has 0 aliphatic carbocycles. The van der Waals surface area contributed by atoms with Gasteiger partial charge in [0.25, 0.3) is 0 Å². The molecule has 0 saturated carbocycles. The van der Waals surface area contributed by atoms with Crippen LogP contribution in [0, 0.1) is 11.7 Å². The van der Waals surface area contributed by atoms with Crippen molar-refractivity contribution < 1.29 is 4.39 Å². The number of halogens is 2. The number of rotatable bonds is 4. The molecule has 0 radical (unpaired) electrons. The fourth-order valence-electron chi connectivity index (χ4n) is 1.55. The lowest BCUT2D eigenvalue weighted by Crippen LogP contribution is -2.29. The second-order valence-corrected chi connectivity index (χ2v) is 4.40. The SMILES string of the molecule is CC(C)CC(NN)c1cccc(Cl)c1F. The Morgan fingerprint density at radius 2 is 2.13 bits per heavy atom. The molecule has 1 atom stereocenters. The van der Waals surface area contributed by atoms with E-state index in [9.17, 15) is 4.39 Å². The van der Waals surface area contributed by atoms with Crippen LogP contribution in [-0.2, 0) is 0 Å². The molecule has 0 fully saturated rings. The van der Waals surface area contributed by atoms with Crippen LogP contribution in [0.1, 0.15) is 31.9 Å². The molecule has 0 saturated heterocycles. The number of nitrogens with two attached hydrogens (primary N) is 1. The monoisotopic (exact) mass is 230 g/mol. The molecular formula is C11H16ClFN2. The maximum atomic E-state index is 13.7. The summed E-state index contributed by atoms with van der Waals surface area (Å²) in [6.45, 7) is 4.12. The van der Waals surface area contributed by atoms with Crippen molar-refractivity contribution in [3.05, 3.63) is 34.6 Å². The third-order valence-electron chi connectivity index (χ3n) is 2.27. The Bertz CT molecular complexity index is 328. The average Bonchev–Trinajstić information content (AvgIpc) is 2.19. The van der Waals surface area contributed by atoms with Gasteiger partial charge in [0, 0.05) is 11.6 Å². The highest BCUT2D eigenvalue weighted by Crippen LogP contribution is 2.26. The quantitative estimate of drug-likeness (QED) is 0.617. The summed E-state index contributed by atoms with van der Waals surface area (Å²) in [7, 11) is 0. The van der Waals surface area contributed by atoms with E-state index < -0.39 is 0 Å². The highest BCUT2D eigenvalue weighted by molar-refractivity contribution is 6.30. The number of benzene rings is 1. The van der Waals surface area contributed by atoms with Gasteiger partial charge in [0.2, 0.25) is 0 Å². The van der Waals surface area contributed by atoms with Crippen LogP contribution in [0.25, 0.3) is 0 Å². The van der Waals surface area contributed by atoms with Gasteiger partial charge in [0.1, 0.15) is 5.82 Å². The summed E-state index contributed by atoms with van der Waals surface area (Å²) in [6.07, 6.45) is 0.772. The van der Waals surface area contributed by atoms with Crippen LogP contribution in [0.4, 0.5) is 4.39 Å². The molecule has 1 rings (SSSR count). The minimum absolute atomic E-state index is 0.136. The van der Waals surface area contributed by atoms with Crippen molar-refractivity contribution in [1.29, 1.82) is 0 Å². The van der Waals surface area contributed by atoms with Crippen LogP contribution in [0.5, 0.6) is 0 Å². The molecule has 1 aromatic carbocycles. The summed E-state index contributed by atoms with van der Waals surface area (Å²) < 4.78 is 13.7. The zero-order valence-corrected chi connectivity index (χ0v) is 9.68. The Labute approximate surface area is 94.6 Å². The molecule has 0 bridgehead atoms. The van der Waals surface area contributed by atoms with E-state index in [-0.39, 0.29) is 16.9 Å². The first-order valence-electron chi connectivity index (χ1n) is 4.96. The van der Waals surface area contributed by atoms with Gasteiger partial charge in [-0.1, -0.05) is 37.6 Å². The predicted molar refractivity (Wildman–Crippen MR) is 60.9 cm³/mol. The van der Waals surface area contributed by atoms with Crippen LogP contribution in [-0.4, -0.2) is 0 Å². The van der Waals surface area contributed by atoms with Gasteiger partial charge in [0.05, 0.1) is 5.02 Å². The maximum absolute atomic E-state index is 13.7. The predicted octanol–water partition coefficient (Wildman–Crippen LogP) is 3.03. The van der Waals surface area contributed by atoms with Crippen LogP contribution < -0.4 is 11.3 Å². The first-order valence-corrected chi connectivity index (χ1v) is 5.34. The number of hydrazine groups is 1. The Morgan fingerprint density at radius 1 is 1.47 bits per heavy atom. The van der Waals surface area contributed by atoms with E-state index in [2.05, 4.69) is 19.3 Å². The van der Waals surface area contributed by atoms with E-state index >= 15 is 0 Å². The van der Waals surface area contributed by atoms with Gasteiger partial charge in [0.15, 0.2) is 0 Å². The molecule has 1 aromatic rings. The molecule has 3 N–H and O–H groups in total. The second kappa shape index (κ2) is 5.45. The van der Waals surface area contributed by atoms with Crippen LogP contribution in [0.15, 0.2) is 18.2 Å². The standard InChI is InChI=1S/C11H16ClFN2/c1-7(2)6-10(15-14)8-4-3-5-9(12)11(8)13/h3-5,7,10,15H,6,14H2,1-2H3. The van der Waals surface area contributed by atoms with Crippen molar-refractivity contribution in [2.75, 3.05) is 0 Å². The molecule has 84 valence electrons. The minimum atomic E-state index is -0.386. The number of hydrogen-bond donors (Lipinski definition) is 2. The first-order chi connectivity index (χ1) is 7.06. The lowest BCUT2D eigenvalue weighted by atomic mass is 9.97. The third kappa shape index (κ3) is 3.16. The summed E-state index contributed by atoms with van der Waals surface area (Å²) in [5, 5.41) is 0.136.